The molecule has 0 amide bonds. The third kappa shape index (κ3) is 2.13. The Hall–Kier alpha value is -0.680. The number of rotatable bonds is 1. The van der Waals surface area contributed by atoms with Crippen molar-refractivity contribution in [1.29, 1.82) is 0 Å². The molecule has 1 aliphatic rings. The van der Waals surface area contributed by atoms with Crippen LogP contribution in [0.2, 0.25) is 0 Å². The van der Waals surface area contributed by atoms with E-state index < -0.39 is 21.1 Å². The van der Waals surface area contributed by atoms with E-state index >= 15 is 0 Å². The maximum atomic E-state index is 12.5. The fourth-order valence-electron chi connectivity index (χ4n) is 0.838. The van der Waals surface area contributed by atoms with Crippen LogP contribution in [0.4, 0.5) is 4.39 Å². The normalized spacial score (nSPS) is 24.9. The van der Waals surface area contributed by atoms with Gasteiger partial charge in [-0.3, -0.25) is 0 Å². The van der Waals surface area contributed by atoms with E-state index in [0.717, 1.165) is 0 Å². The van der Waals surface area contributed by atoms with Crippen molar-refractivity contribution in [1.82, 2.24) is 0 Å². The highest BCUT2D eigenvalue weighted by atomic mass is 32.2. The Bertz CT molecular complexity index is 305. The van der Waals surface area contributed by atoms with Crippen LogP contribution in [0.3, 0.4) is 0 Å². The molecule has 0 saturated carbocycles. The zero-order valence-corrected chi connectivity index (χ0v) is 6.51. The summed E-state index contributed by atoms with van der Waals surface area (Å²) in [7, 11) is -3.63. The average molecular weight is 177 g/mol. The van der Waals surface area contributed by atoms with E-state index in [1.54, 1.807) is 0 Å². The Labute approximate surface area is 64.4 Å². The first-order chi connectivity index (χ1) is 5.00. The second-order valence-electron chi connectivity index (χ2n) is 2.33. The molecule has 0 saturated heterocycles. The molecular formula is C6H8FNO2S. The number of sulfonamides is 1. The van der Waals surface area contributed by atoms with Gasteiger partial charge in [0.25, 0.3) is 0 Å². The summed E-state index contributed by atoms with van der Waals surface area (Å²) in [5.74, 6) is -0.452. The second kappa shape index (κ2) is 2.75. The van der Waals surface area contributed by atoms with Crippen molar-refractivity contribution in [2.45, 2.75) is 11.7 Å². The third-order valence-electron chi connectivity index (χ3n) is 1.42. The summed E-state index contributed by atoms with van der Waals surface area (Å²) in [6.07, 6.45) is 3.81. The lowest BCUT2D eigenvalue weighted by Gasteiger charge is -2.10. The predicted molar refractivity (Wildman–Crippen MR) is 39.8 cm³/mol. The lowest BCUT2D eigenvalue weighted by molar-refractivity contribution is 0.560. The lowest BCUT2D eigenvalue weighted by Crippen LogP contribution is -2.27. The maximum Gasteiger partial charge on any atom is 0.215 e. The summed E-state index contributed by atoms with van der Waals surface area (Å²) in [4.78, 5) is 0. The van der Waals surface area contributed by atoms with Crippen LogP contribution in [-0.2, 0) is 10.0 Å². The molecule has 11 heavy (non-hydrogen) atoms. The van der Waals surface area contributed by atoms with Crippen molar-refractivity contribution in [2.75, 3.05) is 0 Å². The molecule has 5 heteroatoms. The fraction of sp³-hybridized carbons (Fsp3) is 0.333. The number of hydrogen-bond acceptors (Lipinski definition) is 2. The van der Waals surface area contributed by atoms with Gasteiger partial charge in [-0.15, -0.1) is 0 Å². The minimum absolute atomic E-state index is 0.144. The molecule has 3 nitrogen and oxygen atoms in total. The molecule has 1 atom stereocenters. The molecule has 0 aliphatic heterocycles. The first-order valence-corrected chi connectivity index (χ1v) is 4.65. The van der Waals surface area contributed by atoms with Crippen LogP contribution < -0.4 is 5.14 Å². The van der Waals surface area contributed by atoms with Crippen molar-refractivity contribution in [3.8, 4) is 0 Å². The third-order valence-corrected chi connectivity index (χ3v) is 2.59. The van der Waals surface area contributed by atoms with Crippen LogP contribution in [-0.4, -0.2) is 13.7 Å². The van der Waals surface area contributed by atoms with Gasteiger partial charge in [-0.1, -0.05) is 12.2 Å². The maximum absolute atomic E-state index is 12.5. The standard InChI is InChI=1S/C6H8FNO2S/c7-5-2-1-3-6(4-5)11(8,9)10/h1-3,6H,4H2,(H2,8,9,10). The Morgan fingerprint density at radius 1 is 1.64 bits per heavy atom. The van der Waals surface area contributed by atoms with Crippen molar-refractivity contribution in [2.24, 2.45) is 5.14 Å². The molecule has 62 valence electrons. The Kier molecular flexibility index (Phi) is 2.10. The van der Waals surface area contributed by atoms with Crippen LogP contribution in [0.5, 0.6) is 0 Å². The zero-order valence-electron chi connectivity index (χ0n) is 5.70. The van der Waals surface area contributed by atoms with E-state index in [-0.39, 0.29) is 6.42 Å². The summed E-state index contributed by atoms with van der Waals surface area (Å²) < 4.78 is 33.8. The van der Waals surface area contributed by atoms with Gasteiger partial charge in [-0.25, -0.2) is 17.9 Å². The van der Waals surface area contributed by atoms with Gasteiger partial charge in [-0.2, -0.15) is 0 Å². The quantitative estimate of drug-likeness (QED) is 0.632. The molecule has 0 aromatic carbocycles. The molecule has 1 rings (SSSR count). The van der Waals surface area contributed by atoms with E-state index in [4.69, 9.17) is 5.14 Å². The van der Waals surface area contributed by atoms with Crippen LogP contribution >= 0.6 is 0 Å². The highest BCUT2D eigenvalue weighted by Crippen LogP contribution is 2.17. The number of primary sulfonamides is 1. The van der Waals surface area contributed by atoms with Gasteiger partial charge in [0.05, 0.1) is 5.25 Å². The molecule has 0 spiro atoms. The largest absolute Gasteiger partial charge is 0.228 e. The minimum atomic E-state index is -3.63. The number of nitrogens with two attached hydrogens (primary N) is 1. The molecule has 1 aliphatic carbocycles. The van der Waals surface area contributed by atoms with E-state index in [2.05, 4.69) is 0 Å². The summed E-state index contributed by atoms with van der Waals surface area (Å²) >= 11 is 0. The van der Waals surface area contributed by atoms with E-state index in [1.165, 1.54) is 18.2 Å². The first kappa shape index (κ1) is 8.42. The summed E-state index contributed by atoms with van der Waals surface area (Å²) in [5.41, 5.74) is 0. The van der Waals surface area contributed by atoms with Crippen LogP contribution in [0.15, 0.2) is 24.1 Å². The average Bonchev–Trinajstić information content (AvgIpc) is 1.86. The van der Waals surface area contributed by atoms with Crippen molar-refractivity contribution in [3.05, 3.63) is 24.1 Å². The summed E-state index contributed by atoms with van der Waals surface area (Å²) in [6.45, 7) is 0. The van der Waals surface area contributed by atoms with Crippen LogP contribution in [0, 0.1) is 0 Å². The Morgan fingerprint density at radius 2 is 2.27 bits per heavy atom. The van der Waals surface area contributed by atoms with Crippen molar-refractivity contribution < 1.29 is 12.8 Å². The lowest BCUT2D eigenvalue weighted by atomic mass is 10.2. The number of hydrogen-bond donors (Lipinski definition) is 1. The number of allylic oxidation sites excluding steroid dienone is 3. The smallest absolute Gasteiger partial charge is 0.215 e. The monoisotopic (exact) mass is 177 g/mol. The highest BCUT2D eigenvalue weighted by molar-refractivity contribution is 7.89. The molecule has 1 unspecified atom stereocenters. The fourth-order valence-corrected chi connectivity index (χ4v) is 1.54. The van der Waals surface area contributed by atoms with E-state index in [1.807, 2.05) is 0 Å². The van der Waals surface area contributed by atoms with Gasteiger partial charge in [-0.05, 0) is 6.08 Å². The number of halogens is 1. The predicted octanol–water partition coefficient (Wildman–Crippen LogP) is 0.457. The molecular weight excluding hydrogens is 169 g/mol. The van der Waals surface area contributed by atoms with Crippen molar-refractivity contribution in [3.63, 3.8) is 0 Å². The molecule has 0 fully saturated rings. The molecule has 0 heterocycles. The zero-order chi connectivity index (χ0) is 8.48. The topological polar surface area (TPSA) is 60.2 Å². The molecule has 0 bridgehead atoms. The summed E-state index contributed by atoms with van der Waals surface area (Å²) in [6, 6.07) is 0. The Morgan fingerprint density at radius 3 is 2.64 bits per heavy atom. The van der Waals surface area contributed by atoms with E-state index in [9.17, 15) is 12.8 Å². The molecule has 2 N–H and O–H groups in total. The van der Waals surface area contributed by atoms with Gasteiger partial charge in [0.15, 0.2) is 0 Å². The van der Waals surface area contributed by atoms with Gasteiger partial charge in [0, 0.05) is 6.42 Å². The van der Waals surface area contributed by atoms with Gasteiger partial charge < -0.3 is 0 Å². The summed E-state index contributed by atoms with van der Waals surface area (Å²) in [5, 5.41) is 3.90. The van der Waals surface area contributed by atoms with Crippen molar-refractivity contribution >= 4 is 10.0 Å². The van der Waals surface area contributed by atoms with Crippen LogP contribution in [0.25, 0.3) is 0 Å². The van der Waals surface area contributed by atoms with Gasteiger partial charge in [0.1, 0.15) is 5.83 Å². The Balaban J connectivity index is 2.83. The molecule has 0 aromatic heterocycles. The first-order valence-electron chi connectivity index (χ1n) is 3.04. The van der Waals surface area contributed by atoms with Crippen LogP contribution in [0.1, 0.15) is 6.42 Å². The van der Waals surface area contributed by atoms with Gasteiger partial charge >= 0.3 is 0 Å². The van der Waals surface area contributed by atoms with Gasteiger partial charge in [0.2, 0.25) is 10.0 Å². The van der Waals surface area contributed by atoms with E-state index in [0.29, 0.717) is 0 Å². The highest BCUT2D eigenvalue weighted by Gasteiger charge is 2.21. The second-order valence-corrected chi connectivity index (χ2v) is 4.11. The minimum Gasteiger partial charge on any atom is -0.228 e. The molecule has 0 aromatic rings. The SMILES string of the molecule is NS(=O)(=O)C1C=CC=C(F)C1. The molecule has 0 radical (unpaired) electrons.